The van der Waals surface area contributed by atoms with Crippen molar-refractivity contribution in [2.24, 2.45) is 0 Å². The van der Waals surface area contributed by atoms with Crippen molar-refractivity contribution in [3.8, 4) is 11.5 Å². The molecule has 3 aromatic carbocycles. The van der Waals surface area contributed by atoms with Gasteiger partial charge >= 0.3 is 6.18 Å². The molecule has 9 heteroatoms. The molecule has 1 atom stereocenters. The van der Waals surface area contributed by atoms with E-state index in [1.54, 1.807) is 7.11 Å². The summed E-state index contributed by atoms with van der Waals surface area (Å²) in [6, 6.07) is 20.1. The van der Waals surface area contributed by atoms with Crippen LogP contribution in [0.25, 0.3) is 11.0 Å². The molecule has 0 aliphatic carbocycles. The molecule has 6 nitrogen and oxygen atoms in total. The van der Waals surface area contributed by atoms with Crippen LogP contribution in [0.1, 0.15) is 30.1 Å². The number of alkyl halides is 3. The van der Waals surface area contributed by atoms with Gasteiger partial charge in [0.05, 0.1) is 30.3 Å². The fraction of sp³-hybridized carbons (Fsp3) is 0.286. The zero-order chi connectivity index (χ0) is 26.0. The fourth-order valence-electron chi connectivity index (χ4n) is 4.76. The average molecular weight is 510 g/mol. The Morgan fingerprint density at radius 2 is 1.76 bits per heavy atom. The molecule has 1 fully saturated rings. The highest BCUT2D eigenvalue weighted by molar-refractivity contribution is 5.96. The van der Waals surface area contributed by atoms with E-state index in [0.717, 1.165) is 29.0 Å². The maximum Gasteiger partial charge on any atom is 0.416 e. The largest absolute Gasteiger partial charge is 0.493 e. The van der Waals surface area contributed by atoms with Gasteiger partial charge in [0.2, 0.25) is 5.91 Å². The first kappa shape index (κ1) is 24.7. The smallest absolute Gasteiger partial charge is 0.416 e. The average Bonchev–Trinajstić information content (AvgIpc) is 3.47. The Hall–Kier alpha value is -4.01. The van der Waals surface area contributed by atoms with E-state index in [9.17, 15) is 18.0 Å². The SMILES string of the molecule is COc1ccccc1OCCCn1c(C2CC(=O)N(c3cccc(C(F)(F)F)c3)C2)nc2ccccc21. The normalized spacial score (nSPS) is 15.9. The Morgan fingerprint density at radius 1 is 1.00 bits per heavy atom. The van der Waals surface area contributed by atoms with E-state index in [-0.39, 0.29) is 30.5 Å². The van der Waals surface area contributed by atoms with Crippen LogP contribution in [0, 0.1) is 0 Å². The van der Waals surface area contributed by atoms with Gasteiger partial charge in [0, 0.05) is 31.1 Å². The molecule has 0 bridgehead atoms. The molecule has 5 rings (SSSR count). The number of halogens is 3. The summed E-state index contributed by atoms with van der Waals surface area (Å²) in [7, 11) is 1.59. The molecule has 1 aromatic heterocycles. The van der Waals surface area contributed by atoms with Gasteiger partial charge in [-0.05, 0) is 48.9 Å². The van der Waals surface area contributed by atoms with Crippen molar-refractivity contribution in [1.29, 1.82) is 0 Å². The van der Waals surface area contributed by atoms with Crippen LogP contribution in [0.5, 0.6) is 11.5 Å². The third-order valence-corrected chi connectivity index (χ3v) is 6.51. The lowest BCUT2D eigenvalue weighted by atomic mass is 10.1. The third-order valence-electron chi connectivity index (χ3n) is 6.51. The Morgan fingerprint density at radius 3 is 2.54 bits per heavy atom. The van der Waals surface area contributed by atoms with Gasteiger partial charge < -0.3 is 18.9 Å². The van der Waals surface area contributed by atoms with Crippen molar-refractivity contribution in [3.05, 3.63) is 84.2 Å². The van der Waals surface area contributed by atoms with E-state index < -0.39 is 11.7 Å². The van der Waals surface area contributed by atoms with Gasteiger partial charge in [0.15, 0.2) is 11.5 Å². The second-order valence-electron chi connectivity index (χ2n) is 8.92. The number of anilines is 1. The lowest BCUT2D eigenvalue weighted by Crippen LogP contribution is -2.25. The second-order valence-corrected chi connectivity index (χ2v) is 8.92. The number of aryl methyl sites for hydroxylation is 1. The molecule has 1 amide bonds. The molecular weight excluding hydrogens is 483 g/mol. The highest BCUT2D eigenvalue weighted by Crippen LogP contribution is 2.36. The van der Waals surface area contributed by atoms with Crippen molar-refractivity contribution in [1.82, 2.24) is 9.55 Å². The number of aromatic nitrogens is 2. The number of amides is 1. The number of carbonyl (C=O) groups is 1. The minimum absolute atomic E-state index is 0.178. The summed E-state index contributed by atoms with van der Waals surface area (Å²) in [4.78, 5) is 19.1. The molecule has 0 saturated carbocycles. The molecule has 1 unspecified atom stereocenters. The first-order valence-electron chi connectivity index (χ1n) is 12.0. The molecule has 0 spiro atoms. The van der Waals surface area contributed by atoms with Crippen LogP contribution in [0.15, 0.2) is 72.8 Å². The number of imidazole rings is 1. The number of nitrogens with zero attached hydrogens (tertiary/aromatic N) is 3. The molecule has 2 heterocycles. The number of hydrogen-bond acceptors (Lipinski definition) is 4. The number of fused-ring (bicyclic) bond motifs is 1. The quantitative estimate of drug-likeness (QED) is 0.271. The van der Waals surface area contributed by atoms with E-state index in [2.05, 4.69) is 4.57 Å². The number of ether oxygens (including phenoxy) is 2. The lowest BCUT2D eigenvalue weighted by molar-refractivity contribution is -0.137. The zero-order valence-electron chi connectivity index (χ0n) is 20.2. The maximum absolute atomic E-state index is 13.2. The van der Waals surface area contributed by atoms with Crippen LogP contribution in [0.2, 0.25) is 0 Å². The number of carbonyl (C=O) groups excluding carboxylic acids is 1. The molecule has 0 N–H and O–H groups in total. The Balaban J connectivity index is 1.35. The summed E-state index contributed by atoms with van der Waals surface area (Å²) in [5.74, 6) is 1.61. The summed E-state index contributed by atoms with van der Waals surface area (Å²) in [5.41, 5.74) is 1.23. The van der Waals surface area contributed by atoms with Crippen molar-refractivity contribution in [2.45, 2.75) is 31.5 Å². The number of rotatable bonds is 8. The lowest BCUT2D eigenvalue weighted by Gasteiger charge is -2.19. The predicted octanol–water partition coefficient (Wildman–Crippen LogP) is 6.05. The molecule has 1 saturated heterocycles. The summed E-state index contributed by atoms with van der Waals surface area (Å²) in [6.45, 7) is 1.33. The van der Waals surface area contributed by atoms with Crippen LogP contribution < -0.4 is 14.4 Å². The molecule has 1 aliphatic rings. The minimum Gasteiger partial charge on any atom is -0.493 e. The highest BCUT2D eigenvalue weighted by atomic mass is 19.4. The Kier molecular flexibility index (Phi) is 6.78. The van der Waals surface area contributed by atoms with Crippen LogP contribution in [-0.2, 0) is 17.5 Å². The first-order valence-corrected chi connectivity index (χ1v) is 12.0. The monoisotopic (exact) mass is 509 g/mol. The number of methoxy groups -OCH3 is 1. The van der Waals surface area contributed by atoms with Crippen LogP contribution in [-0.4, -0.2) is 35.7 Å². The Labute approximate surface area is 212 Å². The summed E-state index contributed by atoms with van der Waals surface area (Å²) >= 11 is 0. The summed E-state index contributed by atoms with van der Waals surface area (Å²) in [5, 5.41) is 0. The number of hydrogen-bond donors (Lipinski definition) is 0. The van der Waals surface area contributed by atoms with Gasteiger partial charge in [-0.15, -0.1) is 0 Å². The van der Waals surface area contributed by atoms with Gasteiger partial charge in [-0.3, -0.25) is 4.79 Å². The molecule has 0 radical (unpaired) electrons. The van der Waals surface area contributed by atoms with Crippen molar-refractivity contribution in [3.63, 3.8) is 0 Å². The topological polar surface area (TPSA) is 56.6 Å². The van der Waals surface area contributed by atoms with E-state index in [1.807, 2.05) is 48.5 Å². The zero-order valence-corrected chi connectivity index (χ0v) is 20.2. The van der Waals surface area contributed by atoms with E-state index in [0.29, 0.717) is 31.1 Å². The van der Waals surface area contributed by atoms with Crippen molar-refractivity contribution >= 4 is 22.6 Å². The van der Waals surface area contributed by atoms with Crippen LogP contribution >= 0.6 is 0 Å². The third kappa shape index (κ3) is 5.12. The predicted molar refractivity (Wildman–Crippen MR) is 134 cm³/mol. The second kappa shape index (κ2) is 10.2. The van der Waals surface area contributed by atoms with E-state index >= 15 is 0 Å². The number of para-hydroxylation sites is 4. The van der Waals surface area contributed by atoms with E-state index in [4.69, 9.17) is 14.5 Å². The molecule has 192 valence electrons. The maximum atomic E-state index is 13.2. The van der Waals surface area contributed by atoms with Crippen molar-refractivity contribution in [2.75, 3.05) is 25.2 Å². The minimum atomic E-state index is -4.47. The Bertz CT molecular complexity index is 1420. The van der Waals surface area contributed by atoms with E-state index in [1.165, 1.54) is 17.0 Å². The summed E-state index contributed by atoms with van der Waals surface area (Å²) in [6.07, 6.45) is -3.61. The molecule has 1 aliphatic heterocycles. The van der Waals surface area contributed by atoms with Gasteiger partial charge in [-0.25, -0.2) is 4.98 Å². The van der Waals surface area contributed by atoms with Crippen LogP contribution in [0.4, 0.5) is 18.9 Å². The first-order chi connectivity index (χ1) is 17.8. The van der Waals surface area contributed by atoms with Gasteiger partial charge in [-0.1, -0.05) is 30.3 Å². The van der Waals surface area contributed by atoms with Gasteiger partial charge in [-0.2, -0.15) is 13.2 Å². The fourth-order valence-corrected chi connectivity index (χ4v) is 4.76. The van der Waals surface area contributed by atoms with Crippen molar-refractivity contribution < 1.29 is 27.4 Å². The van der Waals surface area contributed by atoms with Crippen LogP contribution in [0.3, 0.4) is 0 Å². The van der Waals surface area contributed by atoms with Gasteiger partial charge in [0.1, 0.15) is 5.82 Å². The van der Waals surface area contributed by atoms with Gasteiger partial charge in [0.25, 0.3) is 0 Å². The molecular formula is C28H26F3N3O3. The summed E-state index contributed by atoms with van der Waals surface area (Å²) < 4.78 is 53.0. The molecule has 37 heavy (non-hydrogen) atoms. The molecule has 4 aromatic rings. The highest BCUT2D eigenvalue weighted by Gasteiger charge is 2.36. The number of benzene rings is 3. The standard InChI is InChI=1S/C28H26F3N3O3/c1-36-24-12-4-5-13-25(24)37-15-7-14-33-23-11-3-2-10-22(23)32-27(33)19-16-26(35)34(18-19)21-9-6-8-20(17-21)28(29,30)31/h2-6,8-13,17,19H,7,14-16,18H2,1H3.